The van der Waals surface area contributed by atoms with Crippen LogP contribution in [0.25, 0.3) is 0 Å². The van der Waals surface area contributed by atoms with Crippen molar-refractivity contribution in [3.8, 4) is 5.75 Å². The zero-order valence-electron chi connectivity index (χ0n) is 23.1. The number of aryl methyl sites for hydroxylation is 2. The zero-order chi connectivity index (χ0) is 28.8. The van der Waals surface area contributed by atoms with Gasteiger partial charge < -0.3 is 20.1 Å². The van der Waals surface area contributed by atoms with E-state index in [0.717, 1.165) is 17.4 Å². The van der Waals surface area contributed by atoms with Gasteiger partial charge in [0.05, 0.1) is 25.4 Å². The lowest BCUT2D eigenvalue weighted by molar-refractivity contribution is -0.154. The quantitative estimate of drug-likeness (QED) is 0.237. The topological polar surface area (TPSA) is 122 Å². The molecule has 2 rings (SSSR count). The second kappa shape index (κ2) is 12.8. The molecule has 1 atom stereocenters. The van der Waals surface area contributed by atoms with Crippen molar-refractivity contribution < 1.29 is 27.9 Å². The van der Waals surface area contributed by atoms with E-state index in [9.17, 15) is 18.4 Å². The first-order valence-electron chi connectivity index (χ1n) is 12.2. The molecule has 2 aromatic carbocycles. The van der Waals surface area contributed by atoms with E-state index in [-0.39, 0.29) is 39.5 Å². The van der Waals surface area contributed by atoms with Gasteiger partial charge in [0.15, 0.2) is 5.11 Å². The largest absolute Gasteiger partial charge is 0.494 e. The van der Waals surface area contributed by atoms with Crippen LogP contribution in [0.1, 0.15) is 43.0 Å². The molecule has 0 saturated heterocycles. The molecular weight excluding hydrogens is 526 g/mol. The Morgan fingerprint density at radius 2 is 1.74 bits per heavy atom. The van der Waals surface area contributed by atoms with Gasteiger partial charge >= 0.3 is 5.97 Å². The van der Waals surface area contributed by atoms with Crippen molar-refractivity contribution in [3.63, 3.8) is 0 Å². The standard InChI is InChI=1S/C27H39N3O6S2/c1-18-8-9-20(12-19(18)2)13-22(17-36-25(31)27(3,4)5)16-29(26(28)37)15-21-10-11-23(24(14-21)35-6)30(32)38(7,33)34/h8-12,14,22,32H,13,15-17H2,1-7H3,(H2,28,37). The third kappa shape index (κ3) is 8.85. The summed E-state index contributed by atoms with van der Waals surface area (Å²) < 4.78 is 34.7. The van der Waals surface area contributed by atoms with Crippen LogP contribution in [-0.2, 0) is 32.5 Å². The van der Waals surface area contributed by atoms with Crippen molar-refractivity contribution in [2.45, 2.75) is 47.6 Å². The summed E-state index contributed by atoms with van der Waals surface area (Å²) >= 11 is 5.35. The van der Waals surface area contributed by atoms with Crippen molar-refractivity contribution >= 4 is 39.0 Å². The Labute approximate surface area is 231 Å². The molecule has 11 heteroatoms. The highest BCUT2D eigenvalue weighted by Crippen LogP contribution is 2.30. The Morgan fingerprint density at radius 1 is 1.11 bits per heavy atom. The number of nitrogens with zero attached hydrogens (tertiary/aromatic N) is 2. The molecule has 2 aromatic rings. The number of carbonyl (C=O) groups excluding carboxylic acids is 1. The summed E-state index contributed by atoms with van der Waals surface area (Å²) in [6.45, 7) is 10.4. The number of thiocarbonyl (C=S) groups is 1. The van der Waals surface area contributed by atoms with Gasteiger partial charge in [-0.3, -0.25) is 10.0 Å². The number of sulfonamides is 1. The fourth-order valence-corrected chi connectivity index (χ4v) is 4.42. The zero-order valence-corrected chi connectivity index (χ0v) is 24.8. The first-order valence-corrected chi connectivity index (χ1v) is 14.4. The first kappa shape index (κ1) is 31.3. The lowest BCUT2D eigenvalue weighted by Crippen LogP contribution is -2.40. The van der Waals surface area contributed by atoms with E-state index < -0.39 is 15.4 Å². The Kier molecular flexibility index (Phi) is 10.5. The fraction of sp³-hybridized carbons (Fsp3) is 0.481. The molecule has 0 aliphatic carbocycles. The molecule has 1 unspecified atom stereocenters. The van der Waals surface area contributed by atoms with Gasteiger partial charge in [0, 0.05) is 19.0 Å². The van der Waals surface area contributed by atoms with Crippen molar-refractivity contribution in [3.05, 3.63) is 58.7 Å². The van der Waals surface area contributed by atoms with Crippen LogP contribution >= 0.6 is 12.2 Å². The number of rotatable bonds is 11. The maximum atomic E-state index is 12.5. The van der Waals surface area contributed by atoms with Crippen LogP contribution in [0.3, 0.4) is 0 Å². The summed E-state index contributed by atoms with van der Waals surface area (Å²) in [4.78, 5) is 14.3. The van der Waals surface area contributed by atoms with E-state index in [2.05, 4.69) is 32.0 Å². The molecule has 0 aromatic heterocycles. The van der Waals surface area contributed by atoms with Crippen LogP contribution in [0.4, 0.5) is 5.69 Å². The third-order valence-corrected chi connectivity index (χ3v) is 7.17. The van der Waals surface area contributed by atoms with E-state index in [1.165, 1.54) is 24.3 Å². The predicted octanol–water partition coefficient (Wildman–Crippen LogP) is 3.96. The van der Waals surface area contributed by atoms with E-state index >= 15 is 0 Å². The summed E-state index contributed by atoms with van der Waals surface area (Å²) in [5.41, 5.74) is 9.68. The number of methoxy groups -OCH3 is 1. The van der Waals surface area contributed by atoms with E-state index in [4.69, 9.17) is 27.4 Å². The molecule has 0 fully saturated rings. The molecule has 0 amide bonds. The SMILES string of the molecule is COc1cc(CN(CC(COC(=O)C(C)(C)C)Cc2ccc(C)c(C)c2)C(N)=S)ccc1N(O)S(C)(=O)=O. The monoisotopic (exact) mass is 565 g/mol. The Morgan fingerprint density at radius 3 is 2.26 bits per heavy atom. The normalized spacial score (nSPS) is 12.5. The number of anilines is 1. The van der Waals surface area contributed by atoms with Crippen LogP contribution in [0.15, 0.2) is 36.4 Å². The number of esters is 1. The van der Waals surface area contributed by atoms with Crippen molar-refractivity contribution in [2.75, 3.05) is 31.0 Å². The van der Waals surface area contributed by atoms with Crippen LogP contribution in [0, 0.1) is 25.2 Å². The highest BCUT2D eigenvalue weighted by atomic mass is 32.2. The minimum Gasteiger partial charge on any atom is -0.494 e. The summed E-state index contributed by atoms with van der Waals surface area (Å²) in [6.07, 6.45) is 1.53. The van der Waals surface area contributed by atoms with Crippen molar-refractivity contribution in [1.82, 2.24) is 4.90 Å². The smallest absolute Gasteiger partial charge is 0.311 e. The van der Waals surface area contributed by atoms with Gasteiger partial charge in [-0.1, -0.05) is 24.3 Å². The van der Waals surface area contributed by atoms with Crippen molar-refractivity contribution in [1.29, 1.82) is 0 Å². The highest BCUT2D eigenvalue weighted by Gasteiger charge is 2.26. The van der Waals surface area contributed by atoms with Gasteiger partial charge in [-0.15, -0.1) is 4.47 Å². The summed E-state index contributed by atoms with van der Waals surface area (Å²) in [6, 6.07) is 11.0. The number of hydrogen-bond acceptors (Lipinski definition) is 7. The molecule has 9 nitrogen and oxygen atoms in total. The number of ether oxygens (including phenoxy) is 2. The summed E-state index contributed by atoms with van der Waals surface area (Å²) in [7, 11) is -2.51. The molecular formula is C27H39N3O6S2. The molecule has 0 saturated carbocycles. The number of benzene rings is 2. The number of hydrogen-bond donors (Lipinski definition) is 2. The fourth-order valence-electron chi connectivity index (χ4n) is 3.77. The molecule has 0 bridgehead atoms. The van der Waals surface area contributed by atoms with Crippen LogP contribution in [-0.4, -0.2) is 56.1 Å². The van der Waals surface area contributed by atoms with E-state index in [1.807, 2.05) is 20.8 Å². The lowest BCUT2D eigenvalue weighted by atomic mass is 9.95. The van der Waals surface area contributed by atoms with E-state index in [1.54, 1.807) is 17.0 Å². The predicted molar refractivity (Wildman–Crippen MR) is 153 cm³/mol. The second-order valence-corrected chi connectivity index (χ2v) is 12.8. The molecule has 0 spiro atoms. The minimum atomic E-state index is -3.90. The van der Waals surface area contributed by atoms with Crippen LogP contribution < -0.4 is 14.9 Å². The molecule has 38 heavy (non-hydrogen) atoms. The molecule has 0 radical (unpaired) electrons. The summed E-state index contributed by atoms with van der Waals surface area (Å²) in [5, 5.41) is 10.2. The molecule has 3 N–H and O–H groups in total. The molecule has 0 heterocycles. The first-order chi connectivity index (χ1) is 17.5. The molecule has 210 valence electrons. The van der Waals surface area contributed by atoms with Gasteiger partial charge in [0.25, 0.3) is 10.0 Å². The third-order valence-electron chi connectivity index (χ3n) is 6.09. The van der Waals surface area contributed by atoms with Gasteiger partial charge in [-0.2, -0.15) is 0 Å². The minimum absolute atomic E-state index is 0.0117. The molecule has 0 aliphatic rings. The van der Waals surface area contributed by atoms with Crippen molar-refractivity contribution in [2.24, 2.45) is 17.1 Å². The van der Waals surface area contributed by atoms with Gasteiger partial charge in [-0.05, 0) is 87.6 Å². The Balaban J connectivity index is 2.31. The van der Waals surface area contributed by atoms with Crippen LogP contribution in [0.5, 0.6) is 5.75 Å². The lowest BCUT2D eigenvalue weighted by Gasteiger charge is -2.29. The summed E-state index contributed by atoms with van der Waals surface area (Å²) in [5.74, 6) is -0.224. The molecule has 0 aliphatic heterocycles. The van der Waals surface area contributed by atoms with Gasteiger partial charge in [0.2, 0.25) is 0 Å². The number of nitrogens with two attached hydrogens (primary N) is 1. The highest BCUT2D eigenvalue weighted by molar-refractivity contribution is 7.91. The van der Waals surface area contributed by atoms with Crippen LogP contribution in [0.2, 0.25) is 0 Å². The maximum Gasteiger partial charge on any atom is 0.311 e. The van der Waals surface area contributed by atoms with Gasteiger partial charge in [0.1, 0.15) is 11.4 Å². The number of carbonyl (C=O) groups is 1. The Hall–Kier alpha value is -2.89. The van der Waals surface area contributed by atoms with E-state index in [0.29, 0.717) is 19.5 Å². The Bertz CT molecular complexity index is 1260. The maximum absolute atomic E-state index is 12.5. The second-order valence-electron chi connectivity index (χ2n) is 10.6. The average Bonchev–Trinajstić information content (AvgIpc) is 2.82. The van der Waals surface area contributed by atoms with Gasteiger partial charge in [-0.25, -0.2) is 8.42 Å². The average molecular weight is 566 g/mol.